The Kier molecular flexibility index (Phi) is 9.21. The minimum Gasteiger partial charge on any atom is -0.496 e. The summed E-state index contributed by atoms with van der Waals surface area (Å²) >= 11 is 3.41. The normalized spacial score (nSPS) is 10.5. The summed E-state index contributed by atoms with van der Waals surface area (Å²) in [6.45, 7) is 2.60. The molecule has 0 aliphatic rings. The maximum atomic E-state index is 12.2. The standard InChI is InChI=1S/C22H25BrN2O5/c1-4-24-22(27)14-30-19-8-5-15(11-20(19)29-3)13-25-21(26)10-6-16-12-17(23)7-9-18(16)28-2/h5-12H,4,13-14H2,1-3H3,(H,24,27)(H,25,26). The Hall–Kier alpha value is -3.00. The zero-order valence-electron chi connectivity index (χ0n) is 17.2. The lowest BCUT2D eigenvalue weighted by molar-refractivity contribution is -0.123. The van der Waals surface area contributed by atoms with Gasteiger partial charge in [0.2, 0.25) is 5.91 Å². The first-order chi connectivity index (χ1) is 14.5. The zero-order valence-corrected chi connectivity index (χ0v) is 18.7. The van der Waals surface area contributed by atoms with Gasteiger partial charge in [-0.15, -0.1) is 0 Å². The molecule has 2 rings (SSSR count). The molecule has 0 saturated heterocycles. The number of hydrogen-bond acceptors (Lipinski definition) is 5. The van der Waals surface area contributed by atoms with Crippen LogP contribution >= 0.6 is 15.9 Å². The first kappa shape index (κ1) is 23.3. The van der Waals surface area contributed by atoms with Crippen molar-refractivity contribution in [2.75, 3.05) is 27.4 Å². The van der Waals surface area contributed by atoms with Gasteiger partial charge in [0.15, 0.2) is 18.1 Å². The summed E-state index contributed by atoms with van der Waals surface area (Å²) in [4.78, 5) is 23.7. The average molecular weight is 477 g/mol. The van der Waals surface area contributed by atoms with Crippen molar-refractivity contribution in [2.45, 2.75) is 13.5 Å². The maximum absolute atomic E-state index is 12.2. The van der Waals surface area contributed by atoms with E-state index in [0.29, 0.717) is 30.3 Å². The Morgan fingerprint density at radius 1 is 1.00 bits per heavy atom. The van der Waals surface area contributed by atoms with Crippen LogP contribution in [-0.2, 0) is 16.1 Å². The highest BCUT2D eigenvalue weighted by atomic mass is 79.9. The van der Waals surface area contributed by atoms with Crippen molar-refractivity contribution in [3.05, 3.63) is 58.1 Å². The molecule has 0 radical (unpaired) electrons. The molecule has 160 valence electrons. The number of carbonyl (C=O) groups excluding carboxylic acids is 2. The van der Waals surface area contributed by atoms with Gasteiger partial charge in [-0.2, -0.15) is 0 Å². The van der Waals surface area contributed by atoms with E-state index in [-0.39, 0.29) is 18.4 Å². The zero-order chi connectivity index (χ0) is 21.9. The second-order valence-corrected chi connectivity index (χ2v) is 7.08. The number of halogens is 1. The largest absolute Gasteiger partial charge is 0.496 e. The number of ether oxygens (including phenoxy) is 3. The van der Waals surface area contributed by atoms with Crippen LogP contribution in [0.15, 0.2) is 46.9 Å². The van der Waals surface area contributed by atoms with Gasteiger partial charge in [0.05, 0.1) is 14.2 Å². The van der Waals surface area contributed by atoms with Gasteiger partial charge in [-0.05, 0) is 48.9 Å². The van der Waals surface area contributed by atoms with E-state index in [9.17, 15) is 9.59 Å². The van der Waals surface area contributed by atoms with E-state index >= 15 is 0 Å². The highest BCUT2D eigenvalue weighted by Gasteiger charge is 2.09. The van der Waals surface area contributed by atoms with Crippen LogP contribution in [0.5, 0.6) is 17.2 Å². The van der Waals surface area contributed by atoms with Gasteiger partial charge in [0.25, 0.3) is 5.91 Å². The molecule has 2 aromatic carbocycles. The molecule has 0 fully saturated rings. The Morgan fingerprint density at radius 2 is 1.73 bits per heavy atom. The van der Waals surface area contributed by atoms with Gasteiger partial charge in [0.1, 0.15) is 5.75 Å². The minimum atomic E-state index is -0.243. The van der Waals surface area contributed by atoms with Crippen LogP contribution < -0.4 is 24.8 Å². The molecule has 30 heavy (non-hydrogen) atoms. The number of carbonyl (C=O) groups is 2. The van der Waals surface area contributed by atoms with Gasteiger partial charge in [-0.25, -0.2) is 0 Å². The molecule has 2 amide bonds. The summed E-state index contributed by atoms with van der Waals surface area (Å²) in [5.74, 6) is 1.17. The number of likely N-dealkylation sites (N-methyl/N-ethyl adjacent to an activating group) is 1. The minimum absolute atomic E-state index is 0.0931. The van der Waals surface area contributed by atoms with Crippen LogP contribution in [-0.4, -0.2) is 39.2 Å². The summed E-state index contributed by atoms with van der Waals surface area (Å²) in [5.41, 5.74) is 1.62. The molecule has 0 spiro atoms. The van der Waals surface area contributed by atoms with E-state index in [0.717, 1.165) is 15.6 Å². The predicted octanol–water partition coefficient (Wildman–Crippen LogP) is 3.31. The summed E-state index contributed by atoms with van der Waals surface area (Å²) in [7, 11) is 3.10. The summed E-state index contributed by atoms with van der Waals surface area (Å²) in [5, 5.41) is 5.48. The summed E-state index contributed by atoms with van der Waals surface area (Å²) in [6, 6.07) is 10.8. The molecule has 2 aromatic rings. The molecule has 0 atom stereocenters. The Balaban J connectivity index is 1.96. The van der Waals surface area contributed by atoms with Gasteiger partial charge in [-0.3, -0.25) is 9.59 Å². The lowest BCUT2D eigenvalue weighted by Gasteiger charge is -2.12. The maximum Gasteiger partial charge on any atom is 0.257 e. The second-order valence-electron chi connectivity index (χ2n) is 6.16. The summed E-state index contributed by atoms with van der Waals surface area (Å²) < 4.78 is 17.0. The SMILES string of the molecule is CCNC(=O)COc1ccc(CNC(=O)C=Cc2cc(Br)ccc2OC)cc1OC. The Labute approximate surface area is 184 Å². The second kappa shape index (κ2) is 11.9. The lowest BCUT2D eigenvalue weighted by atomic mass is 10.2. The van der Waals surface area contributed by atoms with Crippen molar-refractivity contribution < 1.29 is 23.8 Å². The topological polar surface area (TPSA) is 85.9 Å². The fourth-order valence-corrected chi connectivity index (χ4v) is 2.96. The van der Waals surface area contributed by atoms with Gasteiger partial charge >= 0.3 is 0 Å². The number of benzene rings is 2. The average Bonchev–Trinajstić information content (AvgIpc) is 2.75. The third-order valence-corrected chi connectivity index (χ3v) is 4.53. The van der Waals surface area contributed by atoms with Crippen molar-refractivity contribution in [3.63, 3.8) is 0 Å². The molecule has 0 aliphatic carbocycles. The van der Waals surface area contributed by atoms with Crippen molar-refractivity contribution in [2.24, 2.45) is 0 Å². The van der Waals surface area contributed by atoms with Gasteiger partial charge < -0.3 is 24.8 Å². The first-order valence-corrected chi connectivity index (χ1v) is 10.1. The van der Waals surface area contributed by atoms with E-state index in [1.54, 1.807) is 31.4 Å². The molecule has 0 aromatic heterocycles. The van der Waals surface area contributed by atoms with Gasteiger partial charge in [-0.1, -0.05) is 22.0 Å². The molecule has 0 aliphatic heterocycles. The third kappa shape index (κ3) is 7.11. The smallest absolute Gasteiger partial charge is 0.257 e. The Morgan fingerprint density at radius 3 is 2.43 bits per heavy atom. The molecule has 2 N–H and O–H groups in total. The van der Waals surface area contributed by atoms with E-state index in [1.807, 2.05) is 25.1 Å². The van der Waals surface area contributed by atoms with Crippen molar-refractivity contribution in [3.8, 4) is 17.2 Å². The van der Waals surface area contributed by atoms with E-state index in [1.165, 1.54) is 13.2 Å². The van der Waals surface area contributed by atoms with E-state index < -0.39 is 0 Å². The predicted molar refractivity (Wildman–Crippen MR) is 119 cm³/mol. The van der Waals surface area contributed by atoms with Crippen LogP contribution in [0.2, 0.25) is 0 Å². The fraction of sp³-hybridized carbons (Fsp3) is 0.273. The molecule has 0 saturated carbocycles. The number of rotatable bonds is 10. The highest BCUT2D eigenvalue weighted by molar-refractivity contribution is 9.10. The number of methoxy groups -OCH3 is 2. The van der Waals surface area contributed by atoms with Gasteiger partial charge in [0, 0.05) is 29.2 Å². The molecular weight excluding hydrogens is 452 g/mol. The van der Waals surface area contributed by atoms with Crippen molar-refractivity contribution in [1.82, 2.24) is 10.6 Å². The highest BCUT2D eigenvalue weighted by Crippen LogP contribution is 2.28. The fourth-order valence-electron chi connectivity index (χ4n) is 2.58. The molecule has 0 heterocycles. The van der Waals surface area contributed by atoms with Crippen LogP contribution in [0.25, 0.3) is 6.08 Å². The van der Waals surface area contributed by atoms with E-state index in [4.69, 9.17) is 14.2 Å². The Bertz CT molecular complexity index is 914. The monoisotopic (exact) mass is 476 g/mol. The van der Waals surface area contributed by atoms with Crippen LogP contribution in [0, 0.1) is 0 Å². The number of amides is 2. The number of hydrogen-bond donors (Lipinski definition) is 2. The van der Waals surface area contributed by atoms with Crippen LogP contribution in [0.4, 0.5) is 0 Å². The third-order valence-electron chi connectivity index (χ3n) is 4.03. The first-order valence-electron chi connectivity index (χ1n) is 9.32. The lowest BCUT2D eigenvalue weighted by Crippen LogP contribution is -2.28. The van der Waals surface area contributed by atoms with E-state index in [2.05, 4.69) is 26.6 Å². The molecule has 0 unspecified atom stereocenters. The number of nitrogens with one attached hydrogen (secondary N) is 2. The molecule has 0 bridgehead atoms. The van der Waals surface area contributed by atoms with Crippen molar-refractivity contribution >= 4 is 33.8 Å². The van der Waals surface area contributed by atoms with Crippen LogP contribution in [0.1, 0.15) is 18.1 Å². The molecular formula is C22H25BrN2O5. The quantitative estimate of drug-likeness (QED) is 0.513. The van der Waals surface area contributed by atoms with Crippen molar-refractivity contribution in [1.29, 1.82) is 0 Å². The molecule has 7 nitrogen and oxygen atoms in total. The summed E-state index contributed by atoms with van der Waals surface area (Å²) in [6.07, 6.45) is 3.14. The van der Waals surface area contributed by atoms with Crippen LogP contribution in [0.3, 0.4) is 0 Å². The molecule has 8 heteroatoms.